The van der Waals surface area contributed by atoms with E-state index in [4.69, 9.17) is 11.5 Å². The van der Waals surface area contributed by atoms with E-state index in [1.54, 1.807) is 23.6 Å². The van der Waals surface area contributed by atoms with E-state index in [9.17, 15) is 21.6 Å². The van der Waals surface area contributed by atoms with Gasteiger partial charge in [0.05, 0.1) is 0 Å². The molecule has 1 aliphatic heterocycles. The minimum atomic E-state index is -4.90. The molecule has 16 heteroatoms. The standard InChI is InChI=1S/C28H32F3N9O2S2/c1-4-9-40(27-34-20(16-43-27)26-35-22(32)15-23(33)36-26)21-14-18(6-5-17(21)2)19-7-8-24(37-25(19)28(29,30)31)44(41,42)39-12-10-38(3)11-13-39/h5-8,14-16H,4,9-13H2,1-3H3,(H4,32,33,35,36). The Balaban J connectivity index is 1.55. The number of anilines is 4. The maximum Gasteiger partial charge on any atom is 0.434 e. The van der Waals surface area contributed by atoms with Gasteiger partial charge in [0.15, 0.2) is 21.7 Å². The van der Waals surface area contributed by atoms with Gasteiger partial charge in [-0.05, 0) is 49.7 Å². The van der Waals surface area contributed by atoms with E-state index in [0.29, 0.717) is 42.6 Å². The van der Waals surface area contributed by atoms with Crippen LogP contribution in [0.4, 0.5) is 35.6 Å². The number of nitrogens with zero attached hydrogens (tertiary/aromatic N) is 7. The van der Waals surface area contributed by atoms with Crippen molar-refractivity contribution in [2.45, 2.75) is 31.5 Å². The van der Waals surface area contributed by atoms with Gasteiger partial charge in [0.25, 0.3) is 10.0 Å². The third-order valence-corrected chi connectivity index (χ3v) is 9.85. The molecular formula is C28H32F3N9O2S2. The van der Waals surface area contributed by atoms with E-state index < -0.39 is 26.9 Å². The van der Waals surface area contributed by atoms with Gasteiger partial charge in [0, 0.05) is 55.4 Å². The Morgan fingerprint density at radius 3 is 2.30 bits per heavy atom. The summed E-state index contributed by atoms with van der Waals surface area (Å²) in [6.45, 7) is 5.65. The fourth-order valence-electron chi connectivity index (χ4n) is 4.90. The van der Waals surface area contributed by atoms with Crippen LogP contribution >= 0.6 is 11.3 Å². The first-order valence-electron chi connectivity index (χ1n) is 13.8. The highest BCUT2D eigenvalue weighted by Crippen LogP contribution is 2.40. The molecule has 1 saturated heterocycles. The minimum Gasteiger partial charge on any atom is -0.384 e. The summed E-state index contributed by atoms with van der Waals surface area (Å²) in [7, 11) is -2.36. The summed E-state index contributed by atoms with van der Waals surface area (Å²) in [4.78, 5) is 20.7. The highest BCUT2D eigenvalue weighted by Gasteiger charge is 2.38. The lowest BCUT2D eigenvalue weighted by Crippen LogP contribution is -2.47. The van der Waals surface area contributed by atoms with Gasteiger partial charge in [0.2, 0.25) is 0 Å². The molecule has 1 fully saturated rings. The molecule has 0 aliphatic carbocycles. The second kappa shape index (κ2) is 12.3. The Bertz CT molecular complexity index is 1750. The zero-order valence-corrected chi connectivity index (χ0v) is 26.0. The van der Waals surface area contributed by atoms with Gasteiger partial charge in [0.1, 0.15) is 17.3 Å². The van der Waals surface area contributed by atoms with Crippen LogP contribution in [0, 0.1) is 6.92 Å². The lowest BCUT2D eigenvalue weighted by Gasteiger charge is -2.31. The number of sulfonamides is 1. The van der Waals surface area contributed by atoms with E-state index in [-0.39, 0.29) is 41.7 Å². The van der Waals surface area contributed by atoms with Gasteiger partial charge in [-0.15, -0.1) is 11.3 Å². The molecule has 44 heavy (non-hydrogen) atoms. The van der Waals surface area contributed by atoms with Crippen molar-refractivity contribution in [1.82, 2.24) is 29.1 Å². The number of likely N-dealkylation sites (N-methyl/N-ethyl adjacent to an activating group) is 1. The Morgan fingerprint density at radius 2 is 1.66 bits per heavy atom. The molecule has 0 amide bonds. The van der Waals surface area contributed by atoms with Crippen molar-refractivity contribution in [1.29, 1.82) is 0 Å². The maximum atomic E-state index is 14.4. The predicted octanol–water partition coefficient (Wildman–Crippen LogP) is 4.64. The lowest BCUT2D eigenvalue weighted by atomic mass is 10.0. The lowest BCUT2D eigenvalue weighted by molar-refractivity contribution is -0.141. The molecular weight excluding hydrogens is 615 g/mol. The zero-order chi connectivity index (χ0) is 31.8. The van der Waals surface area contributed by atoms with E-state index in [1.165, 1.54) is 27.8 Å². The van der Waals surface area contributed by atoms with Crippen LogP contribution in [0.3, 0.4) is 0 Å². The van der Waals surface area contributed by atoms with E-state index in [0.717, 1.165) is 11.6 Å². The van der Waals surface area contributed by atoms with Gasteiger partial charge in [-0.3, -0.25) is 0 Å². The predicted molar refractivity (Wildman–Crippen MR) is 165 cm³/mol. The summed E-state index contributed by atoms with van der Waals surface area (Å²) in [5, 5.41) is 1.71. The number of hydrogen-bond donors (Lipinski definition) is 2. The molecule has 5 rings (SSSR count). The molecule has 1 aromatic carbocycles. The largest absolute Gasteiger partial charge is 0.434 e. The summed E-state index contributed by atoms with van der Waals surface area (Å²) in [5.74, 6) is 0.666. The number of piperazine rings is 1. The average Bonchev–Trinajstić information content (AvgIpc) is 3.46. The van der Waals surface area contributed by atoms with Crippen molar-refractivity contribution in [3.8, 4) is 22.6 Å². The van der Waals surface area contributed by atoms with Crippen molar-refractivity contribution in [2.75, 3.05) is 56.1 Å². The first-order valence-corrected chi connectivity index (χ1v) is 16.1. The van der Waals surface area contributed by atoms with Crippen LogP contribution in [0.15, 0.2) is 46.8 Å². The molecule has 4 N–H and O–H groups in total. The number of aryl methyl sites for hydroxylation is 1. The monoisotopic (exact) mass is 647 g/mol. The highest BCUT2D eigenvalue weighted by molar-refractivity contribution is 7.89. The number of pyridine rings is 1. The van der Waals surface area contributed by atoms with Crippen LogP contribution in [0.5, 0.6) is 0 Å². The molecule has 1 aliphatic rings. The summed E-state index contributed by atoms with van der Waals surface area (Å²) in [5.41, 5.74) is 12.3. The number of hydrogen-bond acceptors (Lipinski definition) is 11. The quantitative estimate of drug-likeness (QED) is 0.277. The second-order valence-corrected chi connectivity index (χ2v) is 13.2. The SMILES string of the molecule is CCCN(c1nc(-c2nc(N)cc(N)n2)cs1)c1cc(-c2ccc(S(=O)(=O)N3CCN(C)CC3)nc2C(F)(F)F)ccc1C. The Morgan fingerprint density at radius 1 is 0.977 bits per heavy atom. The molecule has 4 heterocycles. The number of benzene rings is 1. The number of aromatic nitrogens is 4. The van der Waals surface area contributed by atoms with Crippen molar-refractivity contribution in [3.63, 3.8) is 0 Å². The van der Waals surface area contributed by atoms with Crippen LogP contribution in [0.25, 0.3) is 22.6 Å². The van der Waals surface area contributed by atoms with Gasteiger partial charge < -0.3 is 21.3 Å². The normalized spacial score (nSPS) is 15.0. The molecule has 11 nitrogen and oxygen atoms in total. The molecule has 0 atom stereocenters. The smallest absolute Gasteiger partial charge is 0.384 e. The average molecular weight is 648 g/mol. The van der Waals surface area contributed by atoms with Crippen LogP contribution in [-0.4, -0.2) is 77.3 Å². The number of thiazole rings is 1. The van der Waals surface area contributed by atoms with Crippen molar-refractivity contribution >= 4 is 43.8 Å². The molecule has 0 radical (unpaired) electrons. The van der Waals surface area contributed by atoms with E-state index in [1.807, 2.05) is 30.7 Å². The van der Waals surface area contributed by atoms with Gasteiger partial charge in [-0.25, -0.2) is 28.4 Å². The first kappa shape index (κ1) is 31.6. The number of halogens is 3. The van der Waals surface area contributed by atoms with Gasteiger partial charge in [-0.1, -0.05) is 19.1 Å². The second-order valence-electron chi connectivity index (χ2n) is 10.5. The van der Waals surface area contributed by atoms with Crippen molar-refractivity contribution in [3.05, 3.63) is 53.0 Å². The Kier molecular flexibility index (Phi) is 8.80. The van der Waals surface area contributed by atoms with Gasteiger partial charge >= 0.3 is 6.18 Å². The number of nitrogen functional groups attached to an aromatic ring is 2. The van der Waals surface area contributed by atoms with Crippen LogP contribution in [-0.2, 0) is 16.2 Å². The van der Waals surface area contributed by atoms with Crippen LogP contribution in [0.1, 0.15) is 24.6 Å². The maximum absolute atomic E-state index is 14.4. The van der Waals surface area contributed by atoms with Crippen LogP contribution < -0.4 is 16.4 Å². The highest BCUT2D eigenvalue weighted by atomic mass is 32.2. The molecule has 234 valence electrons. The van der Waals surface area contributed by atoms with Gasteiger partial charge in [-0.2, -0.15) is 17.5 Å². The molecule has 0 saturated carbocycles. The Hall–Kier alpha value is -3.86. The molecule has 4 aromatic rings. The first-order chi connectivity index (χ1) is 20.8. The molecule has 0 spiro atoms. The number of alkyl halides is 3. The fraction of sp³-hybridized carbons (Fsp3) is 0.357. The third kappa shape index (κ3) is 6.47. The van der Waals surface area contributed by atoms with Crippen molar-refractivity contribution in [2.24, 2.45) is 0 Å². The third-order valence-electron chi connectivity index (χ3n) is 7.18. The summed E-state index contributed by atoms with van der Waals surface area (Å²) in [6, 6.07) is 8.70. The summed E-state index contributed by atoms with van der Waals surface area (Å²) >= 11 is 1.32. The summed E-state index contributed by atoms with van der Waals surface area (Å²) < 4.78 is 70.9. The van der Waals surface area contributed by atoms with E-state index in [2.05, 4.69) is 19.9 Å². The molecule has 0 unspecified atom stereocenters. The molecule has 0 bridgehead atoms. The van der Waals surface area contributed by atoms with Crippen LogP contribution in [0.2, 0.25) is 0 Å². The molecule has 3 aromatic heterocycles. The van der Waals surface area contributed by atoms with Crippen molar-refractivity contribution < 1.29 is 21.6 Å². The fourth-order valence-corrected chi connectivity index (χ4v) is 7.09. The Labute approximate surface area is 257 Å². The summed E-state index contributed by atoms with van der Waals surface area (Å²) in [6.07, 6.45) is -4.19. The topological polar surface area (TPSA) is 147 Å². The minimum absolute atomic E-state index is 0.174. The number of nitrogens with two attached hydrogens (primary N) is 2. The number of rotatable bonds is 8. The van der Waals surface area contributed by atoms with E-state index >= 15 is 0 Å². The zero-order valence-electron chi connectivity index (χ0n) is 24.3.